The van der Waals surface area contributed by atoms with Crippen LogP contribution in [0.25, 0.3) is 0 Å². The number of hydrogen-bond acceptors (Lipinski definition) is 5. The number of amides is 1. The number of methoxy groups -OCH3 is 1. The van der Waals surface area contributed by atoms with Gasteiger partial charge in [-0.25, -0.2) is 9.97 Å². The van der Waals surface area contributed by atoms with Gasteiger partial charge in [-0.2, -0.15) is 0 Å². The molecule has 1 amide bonds. The van der Waals surface area contributed by atoms with Crippen LogP contribution in [-0.2, 0) is 4.79 Å². The van der Waals surface area contributed by atoms with Crippen molar-refractivity contribution in [3.63, 3.8) is 0 Å². The topological polar surface area (TPSA) is 55.3 Å². The molecule has 0 N–H and O–H groups in total. The van der Waals surface area contributed by atoms with Crippen molar-refractivity contribution < 1.29 is 9.53 Å². The maximum Gasteiger partial charge on any atom is 0.233 e. The molecule has 1 aliphatic heterocycles. The number of piperidine rings is 1. The van der Waals surface area contributed by atoms with Gasteiger partial charge in [0.05, 0.1) is 12.9 Å². The molecule has 1 fully saturated rings. The molecule has 0 radical (unpaired) electrons. The van der Waals surface area contributed by atoms with Crippen molar-refractivity contribution >= 4 is 17.7 Å². The number of rotatable bonds is 5. The first kappa shape index (κ1) is 17.7. The molecule has 25 heavy (non-hydrogen) atoms. The van der Waals surface area contributed by atoms with Crippen molar-refractivity contribution in [3.05, 3.63) is 47.8 Å². The van der Waals surface area contributed by atoms with E-state index in [1.165, 1.54) is 17.3 Å². The summed E-state index contributed by atoms with van der Waals surface area (Å²) in [5.74, 6) is 1.95. The third-order valence-electron chi connectivity index (χ3n) is 4.52. The average Bonchev–Trinajstić information content (AvgIpc) is 2.66. The Kier molecular flexibility index (Phi) is 5.91. The van der Waals surface area contributed by atoms with E-state index in [4.69, 9.17) is 4.74 Å². The molecule has 1 aromatic carbocycles. The van der Waals surface area contributed by atoms with E-state index in [0.29, 0.717) is 16.8 Å². The third-order valence-corrected chi connectivity index (χ3v) is 5.37. The van der Waals surface area contributed by atoms with Crippen molar-refractivity contribution in [1.82, 2.24) is 14.9 Å². The van der Waals surface area contributed by atoms with E-state index in [1.54, 1.807) is 13.3 Å². The quantitative estimate of drug-likeness (QED) is 0.607. The highest BCUT2D eigenvalue weighted by atomic mass is 32.2. The second-order valence-corrected chi connectivity index (χ2v) is 7.11. The minimum atomic E-state index is 0.161. The Balaban J connectivity index is 1.52. The molecule has 5 nitrogen and oxygen atoms in total. The van der Waals surface area contributed by atoms with E-state index in [1.807, 2.05) is 36.1 Å². The van der Waals surface area contributed by atoms with E-state index in [-0.39, 0.29) is 5.91 Å². The van der Waals surface area contributed by atoms with Crippen LogP contribution in [0.4, 0.5) is 0 Å². The minimum Gasteiger partial charge on any atom is -0.496 e. The molecule has 0 unspecified atom stereocenters. The zero-order chi connectivity index (χ0) is 17.6. The minimum absolute atomic E-state index is 0.161. The summed E-state index contributed by atoms with van der Waals surface area (Å²) in [6, 6.07) is 10.0. The number of nitrogens with zero attached hydrogens (tertiary/aromatic N) is 3. The lowest BCUT2D eigenvalue weighted by Gasteiger charge is -2.32. The fourth-order valence-electron chi connectivity index (χ4n) is 3.16. The molecule has 0 atom stereocenters. The molecule has 1 aromatic heterocycles. The average molecular weight is 357 g/mol. The van der Waals surface area contributed by atoms with Crippen LogP contribution in [0.5, 0.6) is 5.75 Å². The summed E-state index contributed by atoms with van der Waals surface area (Å²) < 4.78 is 5.47. The number of para-hydroxylation sites is 1. The lowest BCUT2D eigenvalue weighted by Crippen LogP contribution is -2.39. The maximum atomic E-state index is 12.4. The van der Waals surface area contributed by atoms with Gasteiger partial charge in [0.15, 0.2) is 5.16 Å². The lowest BCUT2D eigenvalue weighted by atomic mass is 9.89. The number of carbonyl (C=O) groups is 1. The van der Waals surface area contributed by atoms with Crippen LogP contribution in [0.1, 0.15) is 30.0 Å². The molecule has 0 saturated carbocycles. The predicted molar refractivity (Wildman–Crippen MR) is 99.0 cm³/mol. The Hall–Kier alpha value is -2.08. The first-order valence-corrected chi connectivity index (χ1v) is 9.49. The Morgan fingerprint density at radius 1 is 1.28 bits per heavy atom. The van der Waals surface area contributed by atoms with Gasteiger partial charge in [-0.3, -0.25) is 4.79 Å². The van der Waals surface area contributed by atoms with E-state index < -0.39 is 0 Å². The molecular formula is C19H23N3O2S. The Morgan fingerprint density at radius 2 is 2.04 bits per heavy atom. The normalized spacial score (nSPS) is 15.2. The number of benzene rings is 1. The molecule has 132 valence electrons. The van der Waals surface area contributed by atoms with E-state index in [2.05, 4.69) is 16.0 Å². The van der Waals surface area contributed by atoms with Crippen LogP contribution < -0.4 is 4.74 Å². The maximum absolute atomic E-state index is 12.4. The van der Waals surface area contributed by atoms with Crippen LogP contribution in [0, 0.1) is 6.92 Å². The molecule has 2 aromatic rings. The van der Waals surface area contributed by atoms with Crippen LogP contribution >= 0.6 is 11.8 Å². The lowest BCUT2D eigenvalue weighted by molar-refractivity contribution is -0.129. The molecule has 3 rings (SSSR count). The van der Waals surface area contributed by atoms with Gasteiger partial charge in [0, 0.05) is 25.0 Å². The van der Waals surface area contributed by atoms with Gasteiger partial charge >= 0.3 is 0 Å². The van der Waals surface area contributed by atoms with E-state index in [9.17, 15) is 4.79 Å². The third kappa shape index (κ3) is 4.51. The summed E-state index contributed by atoms with van der Waals surface area (Å²) in [4.78, 5) is 22.9. The molecule has 6 heteroatoms. The molecular weight excluding hydrogens is 334 g/mol. The van der Waals surface area contributed by atoms with E-state index >= 15 is 0 Å². The first-order valence-electron chi connectivity index (χ1n) is 8.50. The highest BCUT2D eigenvalue weighted by Gasteiger charge is 2.25. The number of thioether (sulfide) groups is 1. The largest absolute Gasteiger partial charge is 0.496 e. The van der Waals surface area contributed by atoms with Crippen molar-refractivity contribution in [2.24, 2.45) is 0 Å². The fraction of sp³-hybridized carbons (Fsp3) is 0.421. The van der Waals surface area contributed by atoms with Gasteiger partial charge in [-0.05, 0) is 43.4 Å². The van der Waals surface area contributed by atoms with Gasteiger partial charge in [0.25, 0.3) is 0 Å². The number of aromatic nitrogens is 2. The van der Waals surface area contributed by atoms with E-state index in [0.717, 1.165) is 37.4 Å². The summed E-state index contributed by atoms with van der Waals surface area (Å²) in [6.07, 6.45) is 3.67. The Morgan fingerprint density at radius 3 is 2.76 bits per heavy atom. The molecule has 0 bridgehead atoms. The monoisotopic (exact) mass is 357 g/mol. The SMILES string of the molecule is COc1ccccc1C1CCN(C(=O)CSc2nccc(C)n2)CC1. The number of aryl methyl sites for hydroxylation is 1. The smallest absolute Gasteiger partial charge is 0.233 e. The second-order valence-electron chi connectivity index (χ2n) is 6.17. The summed E-state index contributed by atoms with van der Waals surface area (Å²) in [6.45, 7) is 3.50. The van der Waals surface area contributed by atoms with Gasteiger partial charge in [0.2, 0.25) is 5.91 Å². The summed E-state index contributed by atoms with van der Waals surface area (Å²) in [5, 5.41) is 0.664. The highest BCUT2D eigenvalue weighted by molar-refractivity contribution is 7.99. The Labute approximate surface area is 152 Å². The van der Waals surface area contributed by atoms with Crippen molar-refractivity contribution in [3.8, 4) is 5.75 Å². The number of hydrogen-bond donors (Lipinski definition) is 0. The van der Waals surface area contributed by atoms with Crippen molar-refractivity contribution in [2.45, 2.75) is 30.8 Å². The number of likely N-dealkylation sites (tertiary alicyclic amines) is 1. The summed E-state index contributed by atoms with van der Waals surface area (Å²) in [7, 11) is 1.71. The number of carbonyl (C=O) groups excluding carboxylic acids is 1. The standard InChI is InChI=1S/C19H23N3O2S/c1-14-7-10-20-19(21-14)25-13-18(23)22-11-8-15(9-12-22)16-5-3-4-6-17(16)24-2/h3-7,10,15H,8-9,11-13H2,1-2H3. The number of ether oxygens (including phenoxy) is 1. The van der Waals surface area contributed by atoms with Gasteiger partial charge in [-0.15, -0.1) is 0 Å². The molecule has 2 heterocycles. The second kappa shape index (κ2) is 8.34. The van der Waals surface area contributed by atoms with Crippen LogP contribution in [-0.4, -0.2) is 46.7 Å². The molecule has 0 spiro atoms. The molecule has 0 aliphatic carbocycles. The van der Waals surface area contributed by atoms with Crippen LogP contribution in [0.3, 0.4) is 0 Å². The zero-order valence-electron chi connectivity index (χ0n) is 14.6. The summed E-state index contributed by atoms with van der Waals surface area (Å²) >= 11 is 1.41. The van der Waals surface area contributed by atoms with Crippen LogP contribution in [0.2, 0.25) is 0 Å². The Bertz CT molecular complexity index is 730. The van der Waals surface area contributed by atoms with Crippen molar-refractivity contribution in [1.29, 1.82) is 0 Å². The zero-order valence-corrected chi connectivity index (χ0v) is 15.5. The van der Waals surface area contributed by atoms with Crippen LogP contribution in [0.15, 0.2) is 41.7 Å². The predicted octanol–water partition coefficient (Wildman–Crippen LogP) is 3.29. The summed E-state index contributed by atoms with van der Waals surface area (Å²) in [5.41, 5.74) is 2.17. The van der Waals surface area contributed by atoms with Gasteiger partial charge < -0.3 is 9.64 Å². The molecule has 1 saturated heterocycles. The van der Waals surface area contributed by atoms with Crippen molar-refractivity contribution in [2.75, 3.05) is 26.0 Å². The first-order chi connectivity index (χ1) is 12.2. The fourth-order valence-corrected chi connectivity index (χ4v) is 3.94. The highest BCUT2D eigenvalue weighted by Crippen LogP contribution is 2.34. The molecule has 1 aliphatic rings. The van der Waals surface area contributed by atoms with Gasteiger partial charge in [-0.1, -0.05) is 30.0 Å². The van der Waals surface area contributed by atoms with Gasteiger partial charge in [0.1, 0.15) is 5.75 Å².